The van der Waals surface area contributed by atoms with Gasteiger partial charge in [0.15, 0.2) is 0 Å². The normalized spacial score (nSPS) is 16.9. The van der Waals surface area contributed by atoms with Gasteiger partial charge in [-0.1, -0.05) is 24.6 Å². The Labute approximate surface area is 107 Å². The summed E-state index contributed by atoms with van der Waals surface area (Å²) in [5.41, 5.74) is 6.50. The Bertz CT molecular complexity index is 422. The first-order valence-electron chi connectivity index (χ1n) is 6.39. The van der Waals surface area contributed by atoms with Gasteiger partial charge in [-0.2, -0.15) is 0 Å². The van der Waals surface area contributed by atoms with E-state index >= 15 is 0 Å². The molecule has 4 N–H and O–H groups in total. The second-order valence-electron chi connectivity index (χ2n) is 5.14. The number of para-hydroxylation sites is 1. The van der Waals surface area contributed by atoms with Crippen molar-refractivity contribution in [2.45, 2.75) is 32.2 Å². The van der Waals surface area contributed by atoms with Crippen LogP contribution < -0.4 is 11.1 Å². The Morgan fingerprint density at radius 3 is 2.67 bits per heavy atom. The number of phenols is 1. The summed E-state index contributed by atoms with van der Waals surface area (Å²) in [5, 5.41) is 12.4. The summed E-state index contributed by atoms with van der Waals surface area (Å²) in [6.45, 7) is 0.948. The Morgan fingerprint density at radius 2 is 2.11 bits per heavy atom. The summed E-state index contributed by atoms with van der Waals surface area (Å²) in [5.74, 6) is 0.235. The Balaban J connectivity index is 1.83. The van der Waals surface area contributed by atoms with E-state index in [1.54, 1.807) is 18.2 Å². The van der Waals surface area contributed by atoms with E-state index in [2.05, 4.69) is 5.32 Å². The average molecular weight is 248 g/mol. The molecule has 4 nitrogen and oxygen atoms in total. The number of carbonyl (C=O) groups excluding carboxylic acids is 1. The predicted octanol–water partition coefficient (Wildman–Crippen LogP) is 1.53. The summed E-state index contributed by atoms with van der Waals surface area (Å²) >= 11 is 0. The molecule has 0 atom stereocenters. The summed E-state index contributed by atoms with van der Waals surface area (Å²) in [4.78, 5) is 11.8. The van der Waals surface area contributed by atoms with Crippen LogP contribution in [0.25, 0.3) is 0 Å². The minimum Gasteiger partial charge on any atom is -0.508 e. The summed E-state index contributed by atoms with van der Waals surface area (Å²) in [7, 11) is 0. The first-order chi connectivity index (χ1) is 8.65. The largest absolute Gasteiger partial charge is 0.508 e. The van der Waals surface area contributed by atoms with Crippen molar-refractivity contribution >= 4 is 5.91 Å². The quantitative estimate of drug-likeness (QED) is 0.739. The molecule has 1 aromatic carbocycles. The third kappa shape index (κ3) is 2.82. The predicted molar refractivity (Wildman–Crippen MR) is 69.9 cm³/mol. The highest BCUT2D eigenvalue weighted by molar-refractivity contribution is 5.77. The van der Waals surface area contributed by atoms with Gasteiger partial charge in [0.1, 0.15) is 5.75 Å². The zero-order chi connectivity index (χ0) is 13.0. The Hall–Kier alpha value is -1.55. The van der Waals surface area contributed by atoms with Crippen molar-refractivity contribution in [3.05, 3.63) is 29.8 Å². The summed E-state index contributed by atoms with van der Waals surface area (Å²) < 4.78 is 0. The fraction of sp³-hybridized carbons (Fsp3) is 0.500. The van der Waals surface area contributed by atoms with Crippen molar-refractivity contribution in [2.75, 3.05) is 6.54 Å². The van der Waals surface area contributed by atoms with E-state index in [9.17, 15) is 9.90 Å². The van der Waals surface area contributed by atoms with Crippen LogP contribution in [-0.2, 0) is 11.3 Å². The number of nitrogens with one attached hydrogen (secondary N) is 1. The number of nitrogens with two attached hydrogens (primary N) is 1. The zero-order valence-electron chi connectivity index (χ0n) is 10.5. The van der Waals surface area contributed by atoms with Crippen LogP contribution in [0.2, 0.25) is 0 Å². The van der Waals surface area contributed by atoms with Gasteiger partial charge in [-0.05, 0) is 30.9 Å². The standard InChI is InChI=1S/C14H20N2O2/c15-10-14(6-3-7-14)8-13(18)16-9-11-4-1-2-5-12(11)17/h1-2,4-5,17H,3,6-10,15H2,(H,16,18). The monoisotopic (exact) mass is 248 g/mol. The van der Waals surface area contributed by atoms with Crippen LogP contribution in [0.15, 0.2) is 24.3 Å². The number of rotatable bonds is 5. The molecule has 0 radical (unpaired) electrons. The number of carbonyl (C=O) groups is 1. The Morgan fingerprint density at radius 1 is 1.39 bits per heavy atom. The van der Waals surface area contributed by atoms with Crippen molar-refractivity contribution in [1.82, 2.24) is 5.32 Å². The van der Waals surface area contributed by atoms with Crippen molar-refractivity contribution < 1.29 is 9.90 Å². The van der Waals surface area contributed by atoms with E-state index in [1.165, 1.54) is 6.42 Å². The molecule has 98 valence electrons. The second-order valence-corrected chi connectivity index (χ2v) is 5.14. The molecule has 0 bridgehead atoms. The first-order valence-corrected chi connectivity index (χ1v) is 6.39. The lowest BCUT2D eigenvalue weighted by Crippen LogP contribution is -2.41. The van der Waals surface area contributed by atoms with Gasteiger partial charge < -0.3 is 16.2 Å². The van der Waals surface area contributed by atoms with E-state index < -0.39 is 0 Å². The molecule has 18 heavy (non-hydrogen) atoms. The molecule has 0 aliphatic heterocycles. The van der Waals surface area contributed by atoms with Crippen LogP contribution in [0.5, 0.6) is 5.75 Å². The van der Waals surface area contributed by atoms with E-state index in [0.29, 0.717) is 19.5 Å². The van der Waals surface area contributed by atoms with E-state index in [4.69, 9.17) is 5.73 Å². The first kappa shape index (κ1) is 12.9. The van der Waals surface area contributed by atoms with Gasteiger partial charge in [0, 0.05) is 18.5 Å². The highest BCUT2D eigenvalue weighted by Gasteiger charge is 2.37. The van der Waals surface area contributed by atoms with Crippen molar-refractivity contribution in [3.63, 3.8) is 0 Å². The summed E-state index contributed by atoms with van der Waals surface area (Å²) in [6, 6.07) is 7.03. The molecule has 0 spiro atoms. The van der Waals surface area contributed by atoms with E-state index in [0.717, 1.165) is 18.4 Å². The molecule has 0 saturated heterocycles. The van der Waals surface area contributed by atoms with Gasteiger partial charge >= 0.3 is 0 Å². The minimum atomic E-state index is 0.0170. The number of hydrogen-bond acceptors (Lipinski definition) is 3. The molecule has 1 aliphatic rings. The van der Waals surface area contributed by atoms with E-state index in [1.807, 2.05) is 6.07 Å². The molecule has 4 heteroatoms. The van der Waals surface area contributed by atoms with Crippen LogP contribution in [-0.4, -0.2) is 17.6 Å². The number of hydrogen-bond donors (Lipinski definition) is 3. The molecule has 1 saturated carbocycles. The maximum atomic E-state index is 11.8. The molecule has 0 unspecified atom stereocenters. The second kappa shape index (κ2) is 5.40. The molecule has 1 fully saturated rings. The minimum absolute atomic E-state index is 0.0170. The van der Waals surface area contributed by atoms with Crippen LogP contribution >= 0.6 is 0 Å². The lowest BCUT2D eigenvalue weighted by molar-refractivity contribution is -0.124. The SMILES string of the molecule is NCC1(CC(=O)NCc2ccccc2O)CCC1. The third-order valence-corrected chi connectivity index (χ3v) is 3.85. The fourth-order valence-electron chi connectivity index (χ4n) is 2.39. The van der Waals surface area contributed by atoms with Crippen LogP contribution in [0.3, 0.4) is 0 Å². The number of phenolic OH excluding ortho intramolecular Hbond substituents is 1. The number of benzene rings is 1. The van der Waals surface area contributed by atoms with E-state index in [-0.39, 0.29) is 17.1 Å². The van der Waals surface area contributed by atoms with Gasteiger partial charge in [0.2, 0.25) is 5.91 Å². The molecule has 0 aromatic heterocycles. The molecule has 1 amide bonds. The lowest BCUT2D eigenvalue weighted by atomic mass is 9.66. The maximum Gasteiger partial charge on any atom is 0.220 e. The number of amides is 1. The van der Waals surface area contributed by atoms with Crippen molar-refractivity contribution in [3.8, 4) is 5.75 Å². The summed E-state index contributed by atoms with van der Waals surface area (Å²) in [6.07, 6.45) is 3.77. The fourth-order valence-corrected chi connectivity index (χ4v) is 2.39. The third-order valence-electron chi connectivity index (χ3n) is 3.85. The van der Waals surface area contributed by atoms with Crippen LogP contribution in [0, 0.1) is 5.41 Å². The van der Waals surface area contributed by atoms with Gasteiger partial charge in [-0.3, -0.25) is 4.79 Å². The average Bonchev–Trinajstić information content (AvgIpc) is 2.33. The topological polar surface area (TPSA) is 75.4 Å². The molecule has 0 heterocycles. The zero-order valence-corrected chi connectivity index (χ0v) is 10.5. The van der Waals surface area contributed by atoms with Crippen LogP contribution in [0.1, 0.15) is 31.2 Å². The molecular formula is C14H20N2O2. The van der Waals surface area contributed by atoms with Crippen molar-refractivity contribution in [1.29, 1.82) is 0 Å². The lowest BCUT2D eigenvalue weighted by Gasteiger charge is -2.40. The maximum absolute atomic E-state index is 11.8. The van der Waals surface area contributed by atoms with Crippen LogP contribution in [0.4, 0.5) is 0 Å². The smallest absolute Gasteiger partial charge is 0.220 e. The molecule has 1 aromatic rings. The Kier molecular flexibility index (Phi) is 3.87. The van der Waals surface area contributed by atoms with Gasteiger partial charge in [0.05, 0.1) is 0 Å². The molecular weight excluding hydrogens is 228 g/mol. The van der Waals surface area contributed by atoms with Gasteiger partial charge in [-0.15, -0.1) is 0 Å². The van der Waals surface area contributed by atoms with Crippen molar-refractivity contribution in [2.24, 2.45) is 11.1 Å². The molecule has 2 rings (SSSR count). The number of aromatic hydroxyl groups is 1. The van der Waals surface area contributed by atoms with Gasteiger partial charge in [0.25, 0.3) is 0 Å². The highest BCUT2D eigenvalue weighted by Crippen LogP contribution is 2.42. The van der Waals surface area contributed by atoms with Gasteiger partial charge in [-0.25, -0.2) is 0 Å². The molecule has 1 aliphatic carbocycles. The highest BCUT2D eigenvalue weighted by atomic mass is 16.3.